The molecule has 0 saturated carbocycles. The van der Waals surface area contributed by atoms with Crippen LogP contribution in [0.1, 0.15) is 23.0 Å². The molecule has 124 valence electrons. The molecule has 0 amide bonds. The van der Waals surface area contributed by atoms with Crippen molar-refractivity contribution in [3.63, 3.8) is 0 Å². The number of nitrogens with zero attached hydrogens (tertiary/aromatic N) is 1. The maximum Gasteiger partial charge on any atom is 0.265 e. The lowest BCUT2D eigenvalue weighted by Gasteiger charge is -2.07. The Morgan fingerprint density at radius 1 is 1.12 bits per heavy atom. The van der Waals surface area contributed by atoms with Crippen LogP contribution in [-0.2, 0) is 10.0 Å². The average Bonchev–Trinajstić information content (AvgIpc) is 3.16. The van der Waals surface area contributed by atoms with Crippen LogP contribution in [-0.4, -0.2) is 19.4 Å². The normalized spacial score (nSPS) is 11.4. The Morgan fingerprint density at radius 2 is 1.83 bits per heavy atom. The van der Waals surface area contributed by atoms with Gasteiger partial charge in [0, 0.05) is 23.4 Å². The number of benzene rings is 1. The maximum absolute atomic E-state index is 12.5. The third-order valence-corrected chi connectivity index (χ3v) is 4.87. The van der Waals surface area contributed by atoms with Crippen molar-refractivity contribution in [1.82, 2.24) is 5.16 Å². The van der Waals surface area contributed by atoms with Gasteiger partial charge in [0.15, 0.2) is 11.5 Å². The van der Waals surface area contributed by atoms with Crippen LogP contribution < -0.4 is 4.72 Å². The Labute approximate surface area is 138 Å². The molecule has 0 radical (unpaired) electrons. The summed E-state index contributed by atoms with van der Waals surface area (Å²) >= 11 is 0. The standard InChI is InChI=1S/C16H14N2O5S/c1-10(19)12-3-5-13(6-4-12)18-24(20,21)16-9-15(22-11(16)2)14-7-8-17-23-14/h3-9,18H,1-2H3. The molecule has 1 N–H and O–H groups in total. The smallest absolute Gasteiger partial charge is 0.265 e. The Kier molecular flexibility index (Phi) is 3.98. The number of hydrogen-bond donors (Lipinski definition) is 1. The summed E-state index contributed by atoms with van der Waals surface area (Å²) in [6.45, 7) is 2.99. The molecular formula is C16H14N2O5S. The van der Waals surface area contributed by atoms with Crippen LogP contribution in [0.2, 0.25) is 0 Å². The molecule has 3 rings (SSSR count). The molecular weight excluding hydrogens is 332 g/mol. The van der Waals surface area contributed by atoms with E-state index in [0.29, 0.717) is 17.0 Å². The second kappa shape index (κ2) is 5.97. The van der Waals surface area contributed by atoms with Crippen molar-refractivity contribution >= 4 is 21.5 Å². The summed E-state index contributed by atoms with van der Waals surface area (Å²) in [6, 6.07) is 9.12. The molecule has 2 heterocycles. The molecule has 0 bridgehead atoms. The van der Waals surface area contributed by atoms with E-state index < -0.39 is 10.0 Å². The number of rotatable bonds is 5. The van der Waals surface area contributed by atoms with E-state index in [0.717, 1.165) is 0 Å². The predicted octanol–water partition coefficient (Wildman–Crippen LogP) is 3.25. The van der Waals surface area contributed by atoms with Crippen LogP contribution in [0, 0.1) is 6.92 Å². The Hall–Kier alpha value is -2.87. The van der Waals surface area contributed by atoms with E-state index in [2.05, 4.69) is 9.88 Å². The fraction of sp³-hybridized carbons (Fsp3) is 0.125. The molecule has 0 aliphatic carbocycles. The minimum atomic E-state index is -3.84. The van der Waals surface area contributed by atoms with Gasteiger partial charge in [-0.15, -0.1) is 0 Å². The number of nitrogens with one attached hydrogen (secondary N) is 1. The van der Waals surface area contributed by atoms with Crippen molar-refractivity contribution < 1.29 is 22.2 Å². The molecule has 0 fully saturated rings. The highest BCUT2D eigenvalue weighted by Gasteiger charge is 2.23. The predicted molar refractivity (Wildman–Crippen MR) is 86.2 cm³/mol. The fourth-order valence-corrected chi connectivity index (χ4v) is 3.42. The lowest BCUT2D eigenvalue weighted by atomic mass is 10.1. The molecule has 24 heavy (non-hydrogen) atoms. The number of hydrogen-bond acceptors (Lipinski definition) is 6. The van der Waals surface area contributed by atoms with Crippen molar-refractivity contribution in [2.24, 2.45) is 0 Å². The monoisotopic (exact) mass is 346 g/mol. The molecule has 0 unspecified atom stereocenters. The minimum Gasteiger partial charge on any atom is -0.456 e. The number of Topliss-reactive ketones (excluding diaryl/α,β-unsaturated/α-hetero) is 1. The number of carbonyl (C=O) groups is 1. The lowest BCUT2D eigenvalue weighted by molar-refractivity contribution is 0.101. The van der Waals surface area contributed by atoms with Crippen LogP contribution in [0.25, 0.3) is 11.5 Å². The van der Waals surface area contributed by atoms with Crippen molar-refractivity contribution in [2.45, 2.75) is 18.7 Å². The van der Waals surface area contributed by atoms with Gasteiger partial charge in [-0.25, -0.2) is 8.42 Å². The van der Waals surface area contributed by atoms with Gasteiger partial charge in [-0.05, 0) is 38.1 Å². The number of aryl methyl sites for hydroxylation is 1. The number of furan rings is 1. The third-order valence-electron chi connectivity index (χ3n) is 3.39. The zero-order chi connectivity index (χ0) is 17.3. The Morgan fingerprint density at radius 3 is 2.42 bits per heavy atom. The number of aromatic nitrogens is 1. The molecule has 0 aliphatic heterocycles. The van der Waals surface area contributed by atoms with Gasteiger partial charge in [-0.2, -0.15) is 0 Å². The lowest BCUT2D eigenvalue weighted by Crippen LogP contribution is -2.13. The summed E-state index contributed by atoms with van der Waals surface area (Å²) in [4.78, 5) is 11.3. The van der Waals surface area contributed by atoms with Gasteiger partial charge >= 0.3 is 0 Å². The first-order chi connectivity index (χ1) is 11.4. The SMILES string of the molecule is CC(=O)c1ccc(NS(=O)(=O)c2cc(-c3ccno3)oc2C)cc1. The van der Waals surface area contributed by atoms with E-state index >= 15 is 0 Å². The summed E-state index contributed by atoms with van der Waals surface area (Å²) in [5.74, 6) is 0.753. The molecule has 0 spiro atoms. The minimum absolute atomic E-state index is 0.00421. The molecule has 3 aromatic rings. The van der Waals surface area contributed by atoms with Gasteiger partial charge in [0.25, 0.3) is 10.0 Å². The molecule has 0 aliphatic rings. The summed E-state index contributed by atoms with van der Waals surface area (Å²) in [6.07, 6.45) is 1.44. The molecule has 1 aromatic carbocycles. The quantitative estimate of drug-likeness (QED) is 0.711. The third kappa shape index (κ3) is 3.09. The topological polar surface area (TPSA) is 102 Å². The first kappa shape index (κ1) is 16.0. The zero-order valence-corrected chi connectivity index (χ0v) is 13.8. The van der Waals surface area contributed by atoms with Crippen molar-refractivity contribution in [1.29, 1.82) is 0 Å². The Balaban J connectivity index is 1.89. The zero-order valence-electron chi connectivity index (χ0n) is 12.9. The molecule has 8 heteroatoms. The number of carbonyl (C=O) groups excluding carboxylic acids is 1. The van der Waals surface area contributed by atoms with E-state index in [1.54, 1.807) is 25.1 Å². The van der Waals surface area contributed by atoms with E-state index in [1.807, 2.05) is 0 Å². The summed E-state index contributed by atoms with van der Waals surface area (Å²) in [5.41, 5.74) is 0.854. The number of anilines is 1. The fourth-order valence-electron chi connectivity index (χ4n) is 2.18. The molecule has 0 saturated heterocycles. The van der Waals surface area contributed by atoms with Crippen molar-refractivity contribution in [2.75, 3.05) is 4.72 Å². The van der Waals surface area contributed by atoms with Gasteiger partial charge in [0.1, 0.15) is 10.7 Å². The van der Waals surface area contributed by atoms with Crippen LogP contribution in [0.15, 0.2) is 56.4 Å². The maximum atomic E-state index is 12.5. The van der Waals surface area contributed by atoms with Crippen LogP contribution in [0.5, 0.6) is 0 Å². The first-order valence-corrected chi connectivity index (χ1v) is 8.50. The van der Waals surface area contributed by atoms with E-state index in [1.165, 1.54) is 31.3 Å². The Bertz CT molecular complexity index is 970. The van der Waals surface area contributed by atoms with Gasteiger partial charge in [-0.1, -0.05) is 5.16 Å². The van der Waals surface area contributed by atoms with Gasteiger partial charge in [0.2, 0.25) is 5.76 Å². The first-order valence-electron chi connectivity index (χ1n) is 7.02. The summed E-state index contributed by atoms with van der Waals surface area (Å²) < 4.78 is 37.9. The van der Waals surface area contributed by atoms with Crippen molar-refractivity contribution in [3.05, 3.63) is 53.9 Å². The second-order valence-corrected chi connectivity index (χ2v) is 6.80. The highest BCUT2D eigenvalue weighted by Crippen LogP contribution is 2.29. The van der Waals surface area contributed by atoms with Crippen LogP contribution >= 0.6 is 0 Å². The van der Waals surface area contributed by atoms with Crippen molar-refractivity contribution in [3.8, 4) is 11.5 Å². The number of ketones is 1. The summed E-state index contributed by atoms with van der Waals surface area (Å²) in [5, 5.41) is 3.56. The van der Waals surface area contributed by atoms with Gasteiger partial charge in [0.05, 0.1) is 6.20 Å². The second-order valence-electron chi connectivity index (χ2n) is 5.15. The van der Waals surface area contributed by atoms with Gasteiger partial charge in [-0.3, -0.25) is 9.52 Å². The largest absolute Gasteiger partial charge is 0.456 e. The summed E-state index contributed by atoms with van der Waals surface area (Å²) in [7, 11) is -3.84. The van der Waals surface area contributed by atoms with E-state index in [4.69, 9.17) is 8.94 Å². The number of sulfonamides is 1. The highest BCUT2D eigenvalue weighted by molar-refractivity contribution is 7.92. The van der Waals surface area contributed by atoms with Crippen LogP contribution in [0.4, 0.5) is 5.69 Å². The van der Waals surface area contributed by atoms with Gasteiger partial charge < -0.3 is 8.94 Å². The highest BCUT2D eigenvalue weighted by atomic mass is 32.2. The molecule has 7 nitrogen and oxygen atoms in total. The average molecular weight is 346 g/mol. The van der Waals surface area contributed by atoms with E-state index in [-0.39, 0.29) is 22.2 Å². The molecule has 2 aromatic heterocycles. The van der Waals surface area contributed by atoms with E-state index in [9.17, 15) is 13.2 Å². The van der Waals surface area contributed by atoms with Crippen LogP contribution in [0.3, 0.4) is 0 Å². The molecule has 0 atom stereocenters.